The molecule has 1 heterocycles. The van der Waals surface area contributed by atoms with E-state index in [1.165, 1.54) is 17.8 Å². The summed E-state index contributed by atoms with van der Waals surface area (Å²) in [5.74, 6) is 0.430. The maximum absolute atomic E-state index is 13.2. The van der Waals surface area contributed by atoms with Crippen molar-refractivity contribution in [1.29, 1.82) is 0 Å². The fraction of sp³-hybridized carbons (Fsp3) is 0.273. The van der Waals surface area contributed by atoms with Crippen LogP contribution < -0.4 is 9.64 Å². The Hall–Kier alpha value is -2.73. The van der Waals surface area contributed by atoms with Gasteiger partial charge in [0.05, 0.1) is 24.2 Å². The van der Waals surface area contributed by atoms with Gasteiger partial charge < -0.3 is 14.5 Å². The summed E-state index contributed by atoms with van der Waals surface area (Å²) in [4.78, 5) is 30.4. The number of nitrogens with zero attached hydrogens (tertiary/aromatic N) is 2. The number of methoxy groups -OCH3 is 1. The molecule has 0 radical (unpaired) electrons. The third kappa shape index (κ3) is 4.39. The van der Waals surface area contributed by atoms with Gasteiger partial charge in [-0.3, -0.25) is 9.59 Å². The molecule has 0 atom stereocenters. The summed E-state index contributed by atoms with van der Waals surface area (Å²) in [7, 11) is 3.37. The number of anilines is 1. The Balaban J connectivity index is 1.94. The van der Waals surface area contributed by atoms with Crippen LogP contribution in [0.4, 0.5) is 5.69 Å². The van der Waals surface area contributed by atoms with Crippen molar-refractivity contribution in [3.63, 3.8) is 0 Å². The van der Waals surface area contributed by atoms with Crippen LogP contribution in [0.3, 0.4) is 0 Å². The highest BCUT2D eigenvalue weighted by Gasteiger charge is 2.30. The van der Waals surface area contributed by atoms with Crippen LogP contribution in [0.2, 0.25) is 0 Å². The second kappa shape index (κ2) is 8.97. The molecule has 0 N–H and O–H groups in total. The van der Waals surface area contributed by atoms with E-state index in [4.69, 9.17) is 4.74 Å². The minimum atomic E-state index is -0.162. The number of carbonyl (C=O) groups excluding carboxylic acids is 2. The van der Waals surface area contributed by atoms with Gasteiger partial charge in [-0.2, -0.15) is 0 Å². The summed E-state index contributed by atoms with van der Waals surface area (Å²) in [6.45, 7) is 3.08. The SMILES string of the molecule is CCCN(C)C(=O)/C=C1/Sc2ccccc2N(Cc2cccc(OC)c2)C1=O. The lowest BCUT2D eigenvalue weighted by atomic mass is 10.1. The number of carbonyl (C=O) groups is 2. The molecule has 3 rings (SSSR count). The molecule has 0 unspecified atom stereocenters. The molecule has 2 amide bonds. The van der Waals surface area contributed by atoms with Crippen LogP contribution in [0.5, 0.6) is 5.75 Å². The van der Waals surface area contributed by atoms with Crippen molar-refractivity contribution >= 4 is 29.3 Å². The molecule has 2 aromatic rings. The lowest BCUT2D eigenvalue weighted by molar-refractivity contribution is -0.125. The number of fused-ring (bicyclic) bond motifs is 1. The number of thioether (sulfide) groups is 1. The van der Waals surface area contributed by atoms with Crippen molar-refractivity contribution in [3.8, 4) is 5.75 Å². The molecule has 0 aromatic heterocycles. The number of rotatable bonds is 6. The molecule has 28 heavy (non-hydrogen) atoms. The van der Waals surface area contributed by atoms with Gasteiger partial charge in [-0.15, -0.1) is 0 Å². The van der Waals surface area contributed by atoms with Crippen LogP contribution in [-0.2, 0) is 16.1 Å². The largest absolute Gasteiger partial charge is 0.497 e. The first-order valence-corrected chi connectivity index (χ1v) is 10.0. The highest BCUT2D eigenvalue weighted by atomic mass is 32.2. The first kappa shape index (κ1) is 20.0. The van der Waals surface area contributed by atoms with Gasteiger partial charge in [0.1, 0.15) is 5.75 Å². The van der Waals surface area contributed by atoms with Gasteiger partial charge in [0.25, 0.3) is 5.91 Å². The second-order valence-electron chi connectivity index (χ2n) is 6.58. The first-order chi connectivity index (χ1) is 13.5. The fourth-order valence-electron chi connectivity index (χ4n) is 3.04. The van der Waals surface area contributed by atoms with E-state index in [0.29, 0.717) is 18.0 Å². The van der Waals surface area contributed by atoms with Crippen molar-refractivity contribution in [2.75, 3.05) is 25.6 Å². The summed E-state index contributed by atoms with van der Waals surface area (Å²) in [5.41, 5.74) is 1.81. The smallest absolute Gasteiger partial charge is 0.265 e. The maximum atomic E-state index is 13.2. The number of para-hydroxylation sites is 1. The van der Waals surface area contributed by atoms with Crippen molar-refractivity contribution in [3.05, 3.63) is 65.1 Å². The van der Waals surface area contributed by atoms with E-state index in [2.05, 4.69) is 0 Å². The first-order valence-electron chi connectivity index (χ1n) is 9.22. The average molecular weight is 397 g/mol. The van der Waals surface area contributed by atoms with Crippen LogP contribution in [0.1, 0.15) is 18.9 Å². The number of benzene rings is 2. The van der Waals surface area contributed by atoms with Crippen molar-refractivity contribution < 1.29 is 14.3 Å². The average Bonchev–Trinajstić information content (AvgIpc) is 2.71. The van der Waals surface area contributed by atoms with Gasteiger partial charge in [-0.05, 0) is 36.2 Å². The molecule has 0 bridgehead atoms. The van der Waals surface area contributed by atoms with E-state index in [9.17, 15) is 9.59 Å². The van der Waals surface area contributed by atoms with E-state index >= 15 is 0 Å². The minimum absolute atomic E-state index is 0.154. The van der Waals surface area contributed by atoms with E-state index in [-0.39, 0.29) is 11.8 Å². The standard InChI is InChI=1S/C22H24N2O3S/c1-4-12-23(2)21(25)14-20-22(26)24(18-10-5-6-11-19(18)28-20)15-16-8-7-9-17(13-16)27-3/h5-11,13-14H,4,12,15H2,1-3H3/b20-14+. The Morgan fingerprint density at radius 1 is 1.21 bits per heavy atom. The Morgan fingerprint density at radius 2 is 2.00 bits per heavy atom. The van der Waals surface area contributed by atoms with Gasteiger partial charge in [-0.1, -0.05) is 43.0 Å². The summed E-state index contributed by atoms with van der Waals surface area (Å²) >= 11 is 1.35. The number of likely N-dealkylation sites (N-methyl/N-ethyl adjacent to an activating group) is 1. The van der Waals surface area contributed by atoms with Crippen molar-refractivity contribution in [2.45, 2.75) is 24.8 Å². The number of ether oxygens (including phenoxy) is 1. The van der Waals surface area contributed by atoms with Gasteiger partial charge in [0.15, 0.2) is 0 Å². The summed E-state index contributed by atoms with van der Waals surface area (Å²) < 4.78 is 5.29. The third-order valence-corrected chi connectivity index (χ3v) is 5.57. The molecular formula is C22H24N2O3S. The zero-order chi connectivity index (χ0) is 20.1. The van der Waals surface area contributed by atoms with Gasteiger partial charge >= 0.3 is 0 Å². The predicted octanol–water partition coefficient (Wildman–Crippen LogP) is 4.09. The zero-order valence-corrected chi connectivity index (χ0v) is 17.2. The van der Waals surface area contributed by atoms with Gasteiger partial charge in [0.2, 0.25) is 5.91 Å². The minimum Gasteiger partial charge on any atom is -0.497 e. The monoisotopic (exact) mass is 396 g/mol. The molecule has 0 fully saturated rings. The second-order valence-corrected chi connectivity index (χ2v) is 7.66. The highest BCUT2D eigenvalue weighted by Crippen LogP contribution is 2.42. The van der Waals surface area contributed by atoms with Crippen molar-refractivity contribution in [1.82, 2.24) is 4.90 Å². The number of hydrogen-bond donors (Lipinski definition) is 0. The van der Waals surface area contributed by atoms with E-state index in [1.807, 2.05) is 55.5 Å². The topological polar surface area (TPSA) is 49.9 Å². The Kier molecular flexibility index (Phi) is 6.41. The molecule has 0 spiro atoms. The molecule has 0 saturated heterocycles. The van der Waals surface area contributed by atoms with Crippen LogP contribution >= 0.6 is 11.8 Å². The van der Waals surface area contributed by atoms with Crippen LogP contribution in [0.15, 0.2) is 64.4 Å². The molecule has 1 aliphatic heterocycles. The molecule has 1 aliphatic rings. The van der Waals surface area contributed by atoms with Crippen molar-refractivity contribution in [2.24, 2.45) is 0 Å². The molecule has 6 heteroatoms. The molecule has 0 aliphatic carbocycles. The van der Waals surface area contributed by atoms with Crippen LogP contribution in [0, 0.1) is 0 Å². The van der Waals surface area contributed by atoms with Crippen LogP contribution in [0.25, 0.3) is 0 Å². The summed E-state index contributed by atoms with van der Waals surface area (Å²) in [6, 6.07) is 15.4. The number of amides is 2. The lowest BCUT2D eigenvalue weighted by Gasteiger charge is -2.30. The molecule has 0 saturated carbocycles. The predicted molar refractivity (Wildman–Crippen MR) is 112 cm³/mol. The van der Waals surface area contributed by atoms with E-state index in [1.54, 1.807) is 24.0 Å². The molecule has 5 nitrogen and oxygen atoms in total. The van der Waals surface area contributed by atoms with Crippen LogP contribution in [-0.4, -0.2) is 37.4 Å². The van der Waals surface area contributed by atoms with E-state index < -0.39 is 0 Å². The van der Waals surface area contributed by atoms with Gasteiger partial charge in [0, 0.05) is 24.6 Å². The molecule has 146 valence electrons. The Labute approximate surface area is 170 Å². The molecule has 2 aromatic carbocycles. The maximum Gasteiger partial charge on any atom is 0.265 e. The Morgan fingerprint density at radius 3 is 2.75 bits per heavy atom. The summed E-state index contributed by atoms with van der Waals surface area (Å²) in [5, 5.41) is 0. The molecular weight excluding hydrogens is 372 g/mol. The fourth-order valence-corrected chi connectivity index (χ4v) is 4.06. The normalized spacial score (nSPS) is 14.8. The third-order valence-electron chi connectivity index (χ3n) is 4.50. The lowest BCUT2D eigenvalue weighted by Crippen LogP contribution is -2.35. The zero-order valence-electron chi connectivity index (χ0n) is 16.3. The van der Waals surface area contributed by atoms with E-state index in [0.717, 1.165) is 28.3 Å². The Bertz CT molecular complexity index is 910. The quantitative estimate of drug-likeness (QED) is 0.690. The highest BCUT2D eigenvalue weighted by molar-refractivity contribution is 8.04. The van der Waals surface area contributed by atoms with Gasteiger partial charge in [-0.25, -0.2) is 0 Å². The summed E-state index contributed by atoms with van der Waals surface area (Å²) in [6.07, 6.45) is 2.33. The number of hydrogen-bond acceptors (Lipinski definition) is 4.